The minimum absolute atomic E-state index is 0.141. The summed E-state index contributed by atoms with van der Waals surface area (Å²) in [6.07, 6.45) is 3.41. The lowest BCUT2D eigenvalue weighted by Crippen LogP contribution is -2.46. The van der Waals surface area contributed by atoms with E-state index in [4.69, 9.17) is 34.5 Å². The monoisotopic (exact) mass is 501 g/mol. The summed E-state index contributed by atoms with van der Waals surface area (Å²) in [4.78, 5) is 20.0. The number of aliphatic imine (C=N–C) groups is 1. The molecular weight excluding hydrogens is 478 g/mol. The van der Waals surface area contributed by atoms with Gasteiger partial charge in [0, 0.05) is 45.8 Å². The predicted octanol–water partition coefficient (Wildman–Crippen LogP) is 5.02. The van der Waals surface area contributed by atoms with Crippen LogP contribution < -0.4 is 16.4 Å². The Bertz CT molecular complexity index is 1420. The number of hydrogen-bond donors (Lipinski definition) is 3. The lowest BCUT2D eigenvalue weighted by Gasteiger charge is -2.28. The molecular formula is C27H24ClN5OS. The molecule has 2 aliphatic rings. The Hall–Kier alpha value is -3.68. The van der Waals surface area contributed by atoms with Crippen LogP contribution in [-0.2, 0) is 4.79 Å². The molecule has 0 saturated carbocycles. The van der Waals surface area contributed by atoms with Gasteiger partial charge in [0.2, 0.25) is 6.17 Å². The Labute approximate surface area is 214 Å². The van der Waals surface area contributed by atoms with Gasteiger partial charge in [0.05, 0.1) is 5.71 Å². The number of halogens is 1. The maximum absolute atomic E-state index is 13.5. The fourth-order valence-corrected chi connectivity index (χ4v) is 4.97. The molecule has 4 N–H and O–H groups in total. The highest BCUT2D eigenvalue weighted by atomic mass is 35.5. The summed E-state index contributed by atoms with van der Waals surface area (Å²) in [5.74, 6) is -0.344. The molecule has 6 nitrogen and oxygen atoms in total. The highest BCUT2D eigenvalue weighted by Gasteiger charge is 2.36. The minimum Gasteiger partial charge on any atom is -0.398 e. The van der Waals surface area contributed by atoms with Crippen LogP contribution in [0.1, 0.15) is 12.0 Å². The van der Waals surface area contributed by atoms with Crippen molar-refractivity contribution in [1.82, 2.24) is 10.2 Å². The molecule has 3 aromatic rings. The predicted molar refractivity (Wildman–Crippen MR) is 147 cm³/mol. The molecule has 1 heterocycles. The standard InChI is InChI=1S/C27H24ClN5OS/c1-33-23-14-11-17(28)15-20(23)24(16-7-3-2-4-8-16)31-25(26(33)34)32-27(35)30-22-13-12-21(29)18-9-5-6-10-19(18)22/h2-14,20,25H,15,29H2,1H3,(H2,30,32,35). The van der Waals surface area contributed by atoms with Crippen LogP contribution in [-0.4, -0.2) is 34.8 Å². The van der Waals surface area contributed by atoms with E-state index in [0.29, 0.717) is 12.1 Å². The van der Waals surface area contributed by atoms with Crippen LogP contribution in [0.25, 0.3) is 10.8 Å². The van der Waals surface area contributed by atoms with Crippen LogP contribution in [0.5, 0.6) is 0 Å². The largest absolute Gasteiger partial charge is 0.398 e. The number of nitrogens with two attached hydrogens (primary N) is 1. The first-order valence-corrected chi connectivity index (χ1v) is 12.0. The van der Waals surface area contributed by atoms with Gasteiger partial charge in [0.1, 0.15) is 0 Å². The molecule has 1 amide bonds. The molecule has 0 fully saturated rings. The average Bonchev–Trinajstić information content (AvgIpc) is 2.97. The van der Waals surface area contributed by atoms with Crippen molar-refractivity contribution in [2.24, 2.45) is 10.9 Å². The van der Waals surface area contributed by atoms with Crippen molar-refractivity contribution < 1.29 is 4.79 Å². The second kappa shape index (κ2) is 9.52. The van der Waals surface area contributed by atoms with E-state index in [9.17, 15) is 4.79 Å². The molecule has 8 heteroatoms. The summed E-state index contributed by atoms with van der Waals surface area (Å²) < 4.78 is 0. The van der Waals surface area contributed by atoms with E-state index < -0.39 is 6.17 Å². The number of rotatable bonds is 3. The molecule has 0 bridgehead atoms. The third-order valence-electron chi connectivity index (χ3n) is 6.28. The second-order valence-corrected chi connectivity index (χ2v) is 9.38. The zero-order valence-electron chi connectivity index (χ0n) is 19.0. The Morgan fingerprint density at radius 1 is 1.06 bits per heavy atom. The first-order chi connectivity index (χ1) is 16.9. The van der Waals surface area contributed by atoms with Crippen LogP contribution in [0.4, 0.5) is 11.4 Å². The third kappa shape index (κ3) is 4.52. The molecule has 1 aliphatic carbocycles. The van der Waals surface area contributed by atoms with Crippen molar-refractivity contribution >= 4 is 62.7 Å². The fourth-order valence-electron chi connectivity index (χ4n) is 4.53. The summed E-state index contributed by atoms with van der Waals surface area (Å²) in [7, 11) is 1.76. The SMILES string of the molecule is CN1C(=O)C(NC(=S)Nc2ccc(N)c3ccccc23)N=C(c2ccccc2)C2CC(Cl)=CC=C21. The Morgan fingerprint density at radius 3 is 2.54 bits per heavy atom. The number of nitrogens with zero attached hydrogens (tertiary/aromatic N) is 2. The molecule has 35 heavy (non-hydrogen) atoms. The second-order valence-electron chi connectivity index (χ2n) is 8.49. The summed E-state index contributed by atoms with van der Waals surface area (Å²) in [6.45, 7) is 0. The number of fused-ring (bicyclic) bond motifs is 2. The molecule has 0 saturated heterocycles. The molecule has 176 valence electrons. The number of nitrogen functional groups attached to an aromatic ring is 1. The Morgan fingerprint density at radius 2 is 1.77 bits per heavy atom. The van der Waals surface area contributed by atoms with Gasteiger partial charge < -0.3 is 21.3 Å². The van der Waals surface area contributed by atoms with Crippen molar-refractivity contribution in [1.29, 1.82) is 0 Å². The number of thiocarbonyl (C=S) groups is 1. The number of carbonyl (C=O) groups excluding carboxylic acids is 1. The van der Waals surface area contributed by atoms with Gasteiger partial charge in [-0.05, 0) is 48.5 Å². The van der Waals surface area contributed by atoms with Gasteiger partial charge in [-0.3, -0.25) is 9.79 Å². The number of anilines is 2. The number of hydrogen-bond acceptors (Lipinski definition) is 4. The van der Waals surface area contributed by atoms with Crippen molar-refractivity contribution in [3.8, 4) is 0 Å². The highest BCUT2D eigenvalue weighted by molar-refractivity contribution is 7.80. The lowest BCUT2D eigenvalue weighted by atomic mass is 9.87. The average molecular weight is 502 g/mol. The molecule has 0 aromatic heterocycles. The molecule has 1 aliphatic heterocycles. The molecule has 0 radical (unpaired) electrons. The summed E-state index contributed by atoms with van der Waals surface area (Å²) in [5, 5.41) is 9.22. The molecule has 2 unspecified atom stereocenters. The Balaban J connectivity index is 1.48. The van der Waals surface area contributed by atoms with E-state index in [2.05, 4.69) is 10.6 Å². The van der Waals surface area contributed by atoms with Gasteiger partial charge in [-0.1, -0.05) is 66.2 Å². The summed E-state index contributed by atoms with van der Waals surface area (Å²) in [6, 6.07) is 21.4. The molecule has 0 spiro atoms. The third-order valence-corrected chi connectivity index (χ3v) is 6.78. The van der Waals surface area contributed by atoms with E-state index in [0.717, 1.165) is 38.5 Å². The number of benzene rings is 3. The van der Waals surface area contributed by atoms with Gasteiger partial charge in [-0.15, -0.1) is 0 Å². The smallest absolute Gasteiger partial charge is 0.271 e. The molecule has 3 aromatic carbocycles. The first kappa shape index (κ1) is 23.1. The van der Waals surface area contributed by atoms with E-state index in [1.165, 1.54) is 0 Å². The summed E-state index contributed by atoms with van der Waals surface area (Å²) >= 11 is 12.0. The van der Waals surface area contributed by atoms with Gasteiger partial charge in [0.15, 0.2) is 5.11 Å². The highest BCUT2D eigenvalue weighted by Crippen LogP contribution is 2.35. The topological polar surface area (TPSA) is 82.8 Å². The maximum Gasteiger partial charge on any atom is 0.271 e. The quantitative estimate of drug-likeness (QED) is 0.346. The van der Waals surface area contributed by atoms with Crippen LogP contribution in [0, 0.1) is 5.92 Å². The van der Waals surface area contributed by atoms with Gasteiger partial charge in [-0.2, -0.15) is 0 Å². The molecule has 2 atom stereocenters. The first-order valence-electron chi connectivity index (χ1n) is 11.2. The van der Waals surface area contributed by atoms with Crippen LogP contribution in [0.3, 0.4) is 0 Å². The van der Waals surface area contributed by atoms with Crippen LogP contribution >= 0.6 is 23.8 Å². The number of likely N-dealkylation sites (N-methyl/N-ethyl adjacent to an activating group) is 1. The van der Waals surface area contributed by atoms with Gasteiger partial charge in [0.25, 0.3) is 5.91 Å². The fraction of sp³-hybridized carbons (Fsp3) is 0.148. The Kier molecular flexibility index (Phi) is 6.28. The normalized spacial score (nSPS) is 19.8. The number of nitrogens with one attached hydrogen (secondary N) is 2. The van der Waals surface area contributed by atoms with Crippen molar-refractivity contribution in [2.45, 2.75) is 12.6 Å². The lowest BCUT2D eigenvalue weighted by molar-refractivity contribution is -0.129. The van der Waals surface area contributed by atoms with Crippen LogP contribution in [0.15, 0.2) is 94.6 Å². The minimum atomic E-state index is -0.902. The van der Waals surface area contributed by atoms with E-state index in [1.807, 2.05) is 78.9 Å². The van der Waals surface area contributed by atoms with Gasteiger partial charge >= 0.3 is 0 Å². The maximum atomic E-state index is 13.5. The number of allylic oxidation sites excluding steroid dienone is 4. The van der Waals surface area contributed by atoms with Crippen molar-refractivity contribution in [3.63, 3.8) is 0 Å². The summed E-state index contributed by atoms with van der Waals surface area (Å²) in [5.41, 5.74) is 10.2. The molecule has 5 rings (SSSR count). The van der Waals surface area contributed by atoms with Gasteiger partial charge in [-0.25, -0.2) is 0 Å². The zero-order chi connectivity index (χ0) is 24.5. The van der Waals surface area contributed by atoms with Crippen LogP contribution in [0.2, 0.25) is 0 Å². The van der Waals surface area contributed by atoms with E-state index in [-0.39, 0.29) is 16.9 Å². The van der Waals surface area contributed by atoms with Crippen molar-refractivity contribution in [2.75, 3.05) is 18.1 Å². The zero-order valence-corrected chi connectivity index (χ0v) is 20.6. The number of amides is 1. The van der Waals surface area contributed by atoms with Crippen molar-refractivity contribution in [3.05, 3.63) is 95.2 Å². The number of carbonyl (C=O) groups is 1. The van der Waals surface area contributed by atoms with E-state index in [1.54, 1.807) is 11.9 Å². The van der Waals surface area contributed by atoms with E-state index >= 15 is 0 Å².